The highest BCUT2D eigenvalue weighted by molar-refractivity contribution is 7.97. The van der Waals surface area contributed by atoms with Crippen LogP contribution in [0.2, 0.25) is 0 Å². The second-order valence-electron chi connectivity index (χ2n) is 9.24. The molecule has 1 heterocycles. The summed E-state index contributed by atoms with van der Waals surface area (Å²) in [7, 11) is 0. The number of rotatable bonds is 8. The van der Waals surface area contributed by atoms with Gasteiger partial charge in [-0.3, -0.25) is 9.52 Å². The number of amides is 1. The lowest BCUT2D eigenvalue weighted by Gasteiger charge is -2.30. The maximum atomic E-state index is 13.0. The lowest BCUT2D eigenvalue weighted by molar-refractivity contribution is -0.192. The third-order valence-corrected chi connectivity index (χ3v) is 7.17. The molecule has 0 aromatic heterocycles. The highest BCUT2D eigenvalue weighted by atomic mass is 32.2. The summed E-state index contributed by atoms with van der Waals surface area (Å²) in [5.74, 6) is -2.52. The number of aryl methyl sites for hydroxylation is 1. The van der Waals surface area contributed by atoms with Crippen LogP contribution in [0.3, 0.4) is 0 Å². The number of carbonyl (C=O) groups is 2. The first-order chi connectivity index (χ1) is 18.6. The molecule has 0 bridgehead atoms. The molecule has 4 rings (SSSR count). The van der Waals surface area contributed by atoms with Crippen molar-refractivity contribution >= 4 is 23.8 Å². The second-order valence-corrected chi connectivity index (χ2v) is 10.2. The highest BCUT2D eigenvalue weighted by Gasteiger charge is 2.38. The number of benzene rings is 3. The predicted molar refractivity (Wildman–Crippen MR) is 146 cm³/mol. The Bertz CT molecular complexity index is 1140. The van der Waals surface area contributed by atoms with Gasteiger partial charge in [-0.2, -0.15) is 13.2 Å². The van der Waals surface area contributed by atoms with Crippen molar-refractivity contribution in [2.75, 3.05) is 19.6 Å². The maximum Gasteiger partial charge on any atom is 0.490 e. The number of piperidine rings is 1. The number of aliphatic carboxylic acids is 1. The molecule has 39 heavy (non-hydrogen) atoms. The largest absolute Gasteiger partial charge is 0.490 e. The van der Waals surface area contributed by atoms with Gasteiger partial charge in [-0.25, -0.2) is 4.79 Å². The molecule has 4 N–H and O–H groups in total. The maximum absolute atomic E-state index is 13.0. The normalized spacial score (nSPS) is 17.2. The minimum absolute atomic E-state index is 0.0351. The molecule has 208 valence electrons. The average Bonchev–Trinajstić information content (AvgIpc) is 2.94. The summed E-state index contributed by atoms with van der Waals surface area (Å²) in [6, 6.07) is 29.6. The molecule has 0 radical (unpaired) electrons. The minimum Gasteiger partial charge on any atom is -0.475 e. The number of carboxylic acids is 1. The van der Waals surface area contributed by atoms with Crippen molar-refractivity contribution < 1.29 is 27.9 Å². The third kappa shape index (κ3) is 10.0. The second kappa shape index (κ2) is 14.7. The molecule has 0 saturated carbocycles. The predicted octanol–water partition coefficient (Wildman–Crippen LogP) is 5.15. The fraction of sp³-hybridized carbons (Fsp3) is 0.310. The first kappa shape index (κ1) is 30.2. The van der Waals surface area contributed by atoms with Crippen LogP contribution in [0, 0.1) is 12.8 Å². The molecular weight excluding hydrogens is 527 g/mol. The van der Waals surface area contributed by atoms with Gasteiger partial charge in [0.15, 0.2) is 0 Å². The van der Waals surface area contributed by atoms with Crippen LogP contribution in [0.4, 0.5) is 13.2 Å². The van der Waals surface area contributed by atoms with E-state index in [1.54, 1.807) is 11.9 Å². The smallest absolute Gasteiger partial charge is 0.475 e. The van der Waals surface area contributed by atoms with Crippen molar-refractivity contribution in [3.05, 3.63) is 102 Å². The summed E-state index contributed by atoms with van der Waals surface area (Å²) in [5.41, 5.74) is 3.69. The van der Waals surface area contributed by atoms with Crippen LogP contribution < -0.4 is 15.4 Å². The van der Waals surface area contributed by atoms with E-state index in [2.05, 4.69) is 95.1 Å². The average molecular weight is 560 g/mol. The molecule has 2 atom stereocenters. The Hall–Kier alpha value is -3.34. The Morgan fingerprint density at radius 1 is 0.949 bits per heavy atom. The molecule has 6 nitrogen and oxygen atoms in total. The van der Waals surface area contributed by atoms with Crippen molar-refractivity contribution in [1.29, 1.82) is 0 Å². The first-order valence-corrected chi connectivity index (χ1v) is 13.3. The molecule has 1 amide bonds. The lowest BCUT2D eigenvalue weighted by atomic mass is 9.90. The summed E-state index contributed by atoms with van der Waals surface area (Å²) in [6.07, 6.45) is -4.25. The monoisotopic (exact) mass is 559 g/mol. The SMILES string of the molecule is Cc1ccc(SNC2CNCC(C(=O)NCC(c3ccccc3)c3ccccc3)C2)cc1.O=C(O)C(F)(F)F. The Labute approximate surface area is 230 Å². The van der Waals surface area contributed by atoms with E-state index in [4.69, 9.17) is 9.90 Å². The molecule has 3 aromatic carbocycles. The minimum atomic E-state index is -5.08. The van der Waals surface area contributed by atoms with Gasteiger partial charge in [-0.1, -0.05) is 78.4 Å². The molecule has 1 fully saturated rings. The zero-order valence-corrected chi connectivity index (χ0v) is 22.3. The van der Waals surface area contributed by atoms with Crippen molar-refractivity contribution in [2.45, 2.75) is 36.4 Å². The highest BCUT2D eigenvalue weighted by Crippen LogP contribution is 2.24. The topological polar surface area (TPSA) is 90.5 Å². The first-order valence-electron chi connectivity index (χ1n) is 12.5. The Balaban J connectivity index is 0.000000532. The number of hydrogen-bond donors (Lipinski definition) is 4. The van der Waals surface area contributed by atoms with Crippen molar-refractivity contribution in [3.63, 3.8) is 0 Å². The van der Waals surface area contributed by atoms with Gasteiger partial charge < -0.3 is 15.7 Å². The van der Waals surface area contributed by atoms with Gasteiger partial charge in [-0.05, 0) is 48.6 Å². The standard InChI is InChI=1S/C27H31N3OS.C2HF3O2/c1-20-12-14-25(15-13-20)32-30-24-16-23(17-28-18-24)27(31)29-19-26(21-8-4-2-5-9-21)22-10-6-3-7-11-22;3-2(4,5)1(6)7/h2-15,23-24,26,28,30H,16-19H2,1H3,(H,29,31);(H,6,7). The molecule has 0 spiro atoms. The van der Waals surface area contributed by atoms with Gasteiger partial charge in [0.2, 0.25) is 5.91 Å². The van der Waals surface area contributed by atoms with Crippen LogP contribution in [-0.4, -0.2) is 48.8 Å². The van der Waals surface area contributed by atoms with E-state index in [1.165, 1.54) is 21.6 Å². The van der Waals surface area contributed by atoms with E-state index in [1.807, 2.05) is 12.1 Å². The van der Waals surface area contributed by atoms with Crippen LogP contribution in [0.25, 0.3) is 0 Å². The number of carbonyl (C=O) groups excluding carboxylic acids is 1. The number of carboxylic acid groups (broad SMARTS) is 1. The van der Waals surface area contributed by atoms with Gasteiger partial charge >= 0.3 is 12.1 Å². The van der Waals surface area contributed by atoms with Crippen LogP contribution in [-0.2, 0) is 9.59 Å². The molecule has 1 saturated heterocycles. The molecule has 2 unspecified atom stereocenters. The molecule has 3 aromatic rings. The van der Waals surface area contributed by atoms with Crippen LogP contribution in [0.1, 0.15) is 29.0 Å². The number of hydrogen-bond acceptors (Lipinski definition) is 5. The molecule has 0 aliphatic carbocycles. The van der Waals surface area contributed by atoms with Crippen molar-refractivity contribution in [2.24, 2.45) is 5.92 Å². The van der Waals surface area contributed by atoms with E-state index < -0.39 is 12.1 Å². The fourth-order valence-electron chi connectivity index (χ4n) is 4.13. The van der Waals surface area contributed by atoms with E-state index in [-0.39, 0.29) is 23.8 Å². The Kier molecular flexibility index (Phi) is 11.4. The molecule has 1 aliphatic rings. The summed E-state index contributed by atoms with van der Waals surface area (Å²) in [6.45, 7) is 4.29. The number of halogens is 3. The Morgan fingerprint density at radius 2 is 1.49 bits per heavy atom. The van der Waals surface area contributed by atoms with E-state index >= 15 is 0 Å². The van der Waals surface area contributed by atoms with E-state index in [0.717, 1.165) is 19.5 Å². The quantitative estimate of drug-likeness (QED) is 0.286. The fourth-order valence-corrected chi connectivity index (χ4v) is 4.89. The zero-order valence-electron chi connectivity index (χ0n) is 21.4. The molecular formula is C29H32F3N3O3S. The van der Waals surface area contributed by atoms with Gasteiger partial charge in [-0.15, -0.1) is 0 Å². The lowest BCUT2D eigenvalue weighted by Crippen LogP contribution is -2.49. The molecule has 10 heteroatoms. The van der Waals surface area contributed by atoms with Gasteiger partial charge in [0.1, 0.15) is 0 Å². The van der Waals surface area contributed by atoms with Gasteiger partial charge in [0.05, 0.1) is 5.92 Å². The van der Waals surface area contributed by atoms with Gasteiger partial charge in [0.25, 0.3) is 0 Å². The summed E-state index contributed by atoms with van der Waals surface area (Å²) < 4.78 is 35.3. The summed E-state index contributed by atoms with van der Waals surface area (Å²) in [4.78, 5) is 23.1. The molecule has 1 aliphatic heterocycles. The number of nitrogens with one attached hydrogen (secondary N) is 3. The van der Waals surface area contributed by atoms with Crippen LogP contribution in [0.5, 0.6) is 0 Å². The van der Waals surface area contributed by atoms with E-state index in [0.29, 0.717) is 6.54 Å². The van der Waals surface area contributed by atoms with Crippen LogP contribution >= 0.6 is 11.9 Å². The van der Waals surface area contributed by atoms with Crippen molar-refractivity contribution in [3.8, 4) is 0 Å². The number of alkyl halides is 3. The van der Waals surface area contributed by atoms with E-state index in [9.17, 15) is 18.0 Å². The zero-order chi connectivity index (χ0) is 28.3. The third-order valence-electron chi connectivity index (χ3n) is 6.21. The summed E-state index contributed by atoms with van der Waals surface area (Å²) >= 11 is 1.64. The van der Waals surface area contributed by atoms with Gasteiger partial charge in [0, 0.05) is 36.5 Å². The van der Waals surface area contributed by atoms with Crippen LogP contribution in [0.15, 0.2) is 89.8 Å². The summed E-state index contributed by atoms with van der Waals surface area (Å²) in [5, 5.41) is 13.8. The van der Waals surface area contributed by atoms with Crippen molar-refractivity contribution in [1.82, 2.24) is 15.4 Å². The Morgan fingerprint density at radius 3 is 2.00 bits per heavy atom.